The first-order valence-corrected chi connectivity index (χ1v) is 10.5. The second-order valence-corrected chi connectivity index (χ2v) is 7.98. The molecule has 1 N–H and O–H groups in total. The predicted molar refractivity (Wildman–Crippen MR) is 121 cm³/mol. The number of rotatable bonds is 6. The Morgan fingerprint density at radius 1 is 1.13 bits per heavy atom. The van der Waals surface area contributed by atoms with Crippen molar-refractivity contribution in [3.05, 3.63) is 57.1 Å². The molecule has 1 aliphatic heterocycles. The summed E-state index contributed by atoms with van der Waals surface area (Å²) in [5.41, 5.74) is 2.45. The summed E-state index contributed by atoms with van der Waals surface area (Å²) in [5.74, 6) is -0.444. The van der Waals surface area contributed by atoms with Gasteiger partial charge in [0.1, 0.15) is 5.57 Å². The van der Waals surface area contributed by atoms with Crippen LogP contribution < -0.4 is 19.7 Å². The number of ether oxygens (including phenoxy) is 2. The molecule has 0 aliphatic carbocycles. The van der Waals surface area contributed by atoms with Gasteiger partial charge in [0, 0.05) is 0 Å². The second kappa shape index (κ2) is 9.34. The first-order valence-electron chi connectivity index (χ1n) is 9.75. The molecule has 7 nitrogen and oxygen atoms in total. The van der Waals surface area contributed by atoms with E-state index in [0.717, 1.165) is 22.4 Å². The largest absolute Gasteiger partial charge is 0.493 e. The van der Waals surface area contributed by atoms with Crippen molar-refractivity contribution in [1.82, 2.24) is 5.32 Å². The van der Waals surface area contributed by atoms with E-state index in [2.05, 4.69) is 21.2 Å². The Labute approximate surface area is 189 Å². The highest BCUT2D eigenvalue weighted by Gasteiger charge is 2.37. The zero-order valence-electron chi connectivity index (χ0n) is 17.7. The van der Waals surface area contributed by atoms with E-state index in [1.807, 2.05) is 26.0 Å². The molecule has 0 spiro atoms. The number of benzene rings is 2. The van der Waals surface area contributed by atoms with Crippen molar-refractivity contribution in [1.29, 1.82) is 0 Å². The quantitative estimate of drug-likeness (QED) is 0.478. The highest BCUT2D eigenvalue weighted by atomic mass is 79.9. The third-order valence-electron chi connectivity index (χ3n) is 4.72. The molecule has 0 atom stereocenters. The molecule has 0 radical (unpaired) electrons. The molecule has 4 amide bonds. The number of hydrogen-bond donors (Lipinski definition) is 1. The summed E-state index contributed by atoms with van der Waals surface area (Å²) in [4.78, 5) is 39.1. The van der Waals surface area contributed by atoms with Gasteiger partial charge in [-0.05, 0) is 77.2 Å². The summed E-state index contributed by atoms with van der Waals surface area (Å²) in [6, 6.07) is 8.06. The lowest BCUT2D eigenvalue weighted by atomic mass is 10.0. The number of hydrogen-bond acceptors (Lipinski definition) is 5. The standard InChI is InChI=1S/C23H23BrN2O5/c1-5-8-31-20-17(24)11-15(12-19(20)30-4)10-16-21(27)25-23(29)26(22(16)28)18-9-13(2)6-7-14(18)3/h6-7,9-12H,5,8H2,1-4H3,(H,25,27,29)/b16-10+. The number of imide groups is 2. The van der Waals surface area contributed by atoms with E-state index < -0.39 is 17.8 Å². The zero-order chi connectivity index (χ0) is 22.7. The Balaban J connectivity index is 2.04. The van der Waals surface area contributed by atoms with Crippen LogP contribution in [0.25, 0.3) is 6.08 Å². The fourth-order valence-electron chi connectivity index (χ4n) is 3.17. The van der Waals surface area contributed by atoms with Crippen LogP contribution in [0.4, 0.5) is 10.5 Å². The van der Waals surface area contributed by atoms with E-state index in [1.165, 1.54) is 13.2 Å². The minimum Gasteiger partial charge on any atom is -0.493 e. The van der Waals surface area contributed by atoms with Crippen LogP contribution in [0.2, 0.25) is 0 Å². The molecule has 0 bridgehead atoms. The number of amides is 4. The molecule has 1 heterocycles. The molecular formula is C23H23BrN2O5. The van der Waals surface area contributed by atoms with Gasteiger partial charge in [0.25, 0.3) is 11.8 Å². The second-order valence-electron chi connectivity index (χ2n) is 7.13. The van der Waals surface area contributed by atoms with Crippen molar-refractivity contribution in [3.63, 3.8) is 0 Å². The Bertz CT molecular complexity index is 1090. The van der Waals surface area contributed by atoms with E-state index in [4.69, 9.17) is 9.47 Å². The summed E-state index contributed by atoms with van der Waals surface area (Å²) in [6.07, 6.45) is 2.26. The minimum atomic E-state index is -0.775. The minimum absolute atomic E-state index is 0.156. The van der Waals surface area contributed by atoms with Gasteiger partial charge in [-0.2, -0.15) is 0 Å². The molecule has 162 valence electrons. The number of carbonyl (C=O) groups is 3. The highest BCUT2D eigenvalue weighted by molar-refractivity contribution is 9.10. The average molecular weight is 487 g/mol. The van der Waals surface area contributed by atoms with Crippen LogP contribution in [0.15, 0.2) is 40.4 Å². The maximum atomic E-state index is 13.2. The summed E-state index contributed by atoms with van der Waals surface area (Å²) < 4.78 is 11.7. The summed E-state index contributed by atoms with van der Waals surface area (Å²) in [6.45, 7) is 6.17. The summed E-state index contributed by atoms with van der Waals surface area (Å²) in [7, 11) is 1.51. The predicted octanol–water partition coefficient (Wildman–Crippen LogP) is 4.53. The monoisotopic (exact) mass is 486 g/mol. The Kier molecular flexibility index (Phi) is 6.80. The molecule has 0 saturated carbocycles. The molecule has 1 aliphatic rings. The maximum Gasteiger partial charge on any atom is 0.335 e. The highest BCUT2D eigenvalue weighted by Crippen LogP contribution is 2.37. The number of barbiturate groups is 1. The smallest absolute Gasteiger partial charge is 0.335 e. The van der Waals surface area contributed by atoms with Crippen LogP contribution >= 0.6 is 15.9 Å². The third kappa shape index (κ3) is 4.64. The van der Waals surface area contributed by atoms with Crippen LogP contribution in [0.3, 0.4) is 0 Å². The van der Waals surface area contributed by atoms with Crippen LogP contribution in [0.1, 0.15) is 30.0 Å². The van der Waals surface area contributed by atoms with Gasteiger partial charge in [0.2, 0.25) is 0 Å². The van der Waals surface area contributed by atoms with E-state index in [0.29, 0.717) is 33.8 Å². The van der Waals surface area contributed by atoms with Gasteiger partial charge in [0.05, 0.1) is 23.9 Å². The van der Waals surface area contributed by atoms with Crippen LogP contribution in [-0.4, -0.2) is 31.6 Å². The topological polar surface area (TPSA) is 84.9 Å². The number of methoxy groups -OCH3 is 1. The van der Waals surface area contributed by atoms with E-state index >= 15 is 0 Å². The molecule has 1 saturated heterocycles. The first kappa shape index (κ1) is 22.6. The molecule has 0 aromatic heterocycles. The Hall–Kier alpha value is -3.13. The van der Waals surface area contributed by atoms with Gasteiger partial charge in [0.15, 0.2) is 11.5 Å². The molecule has 1 fully saturated rings. The SMILES string of the molecule is CCCOc1c(Br)cc(/C=C2\C(=O)NC(=O)N(c3cc(C)ccc3C)C2=O)cc1OC. The molecule has 8 heteroatoms. The Morgan fingerprint density at radius 2 is 1.87 bits per heavy atom. The molecule has 31 heavy (non-hydrogen) atoms. The van der Waals surface area contributed by atoms with E-state index in [1.54, 1.807) is 25.1 Å². The normalized spacial score (nSPS) is 15.3. The zero-order valence-corrected chi connectivity index (χ0v) is 19.3. The van der Waals surface area contributed by atoms with Gasteiger partial charge in [-0.25, -0.2) is 9.69 Å². The molecular weight excluding hydrogens is 464 g/mol. The van der Waals surface area contributed by atoms with E-state index in [9.17, 15) is 14.4 Å². The number of urea groups is 1. The number of carbonyl (C=O) groups excluding carboxylic acids is 3. The lowest BCUT2D eigenvalue weighted by molar-refractivity contribution is -0.122. The summed E-state index contributed by atoms with van der Waals surface area (Å²) >= 11 is 3.46. The third-order valence-corrected chi connectivity index (χ3v) is 5.31. The number of nitrogens with one attached hydrogen (secondary N) is 1. The molecule has 2 aromatic rings. The van der Waals surface area contributed by atoms with Gasteiger partial charge in [-0.15, -0.1) is 0 Å². The van der Waals surface area contributed by atoms with Crippen LogP contribution in [-0.2, 0) is 9.59 Å². The number of aryl methyl sites for hydroxylation is 2. The molecule has 0 unspecified atom stereocenters. The fraction of sp³-hybridized carbons (Fsp3) is 0.261. The van der Waals surface area contributed by atoms with Crippen molar-refractivity contribution in [2.75, 3.05) is 18.6 Å². The van der Waals surface area contributed by atoms with Crippen LogP contribution in [0.5, 0.6) is 11.5 Å². The molecule has 2 aromatic carbocycles. The van der Waals surface area contributed by atoms with Crippen molar-refractivity contribution < 1.29 is 23.9 Å². The van der Waals surface area contributed by atoms with Gasteiger partial charge < -0.3 is 9.47 Å². The number of anilines is 1. The average Bonchev–Trinajstić information content (AvgIpc) is 2.72. The van der Waals surface area contributed by atoms with Crippen LogP contribution in [0, 0.1) is 13.8 Å². The van der Waals surface area contributed by atoms with Gasteiger partial charge in [-0.3, -0.25) is 14.9 Å². The number of nitrogens with zero attached hydrogens (tertiary/aromatic N) is 1. The van der Waals surface area contributed by atoms with Crippen molar-refractivity contribution in [2.45, 2.75) is 27.2 Å². The van der Waals surface area contributed by atoms with Gasteiger partial charge in [-0.1, -0.05) is 19.1 Å². The maximum absolute atomic E-state index is 13.2. The lowest BCUT2D eigenvalue weighted by Gasteiger charge is -2.27. The fourth-order valence-corrected chi connectivity index (χ4v) is 3.74. The Morgan fingerprint density at radius 3 is 2.55 bits per heavy atom. The van der Waals surface area contributed by atoms with Gasteiger partial charge >= 0.3 is 6.03 Å². The van der Waals surface area contributed by atoms with Crippen molar-refractivity contribution in [2.24, 2.45) is 0 Å². The lowest BCUT2D eigenvalue weighted by Crippen LogP contribution is -2.54. The first-order chi connectivity index (χ1) is 14.8. The van der Waals surface area contributed by atoms with E-state index in [-0.39, 0.29) is 5.57 Å². The van der Waals surface area contributed by atoms with Crippen molar-refractivity contribution >= 4 is 45.5 Å². The number of halogens is 1. The van der Waals surface area contributed by atoms with Crippen molar-refractivity contribution in [3.8, 4) is 11.5 Å². The molecule has 3 rings (SSSR count). The summed E-state index contributed by atoms with van der Waals surface area (Å²) in [5, 5.41) is 2.25.